The number of rotatable bonds is 6. The molecule has 6 nitrogen and oxygen atoms in total. The van der Waals surface area contributed by atoms with E-state index >= 15 is 0 Å². The van der Waals surface area contributed by atoms with Crippen LogP contribution in [0, 0.1) is 0 Å². The molecular formula is C14H14ClN3O3. The zero-order chi connectivity index (χ0) is 15.1. The SMILES string of the molecule is CCOc1ncc(NC(=O)COc2ccc(Cl)cc2)cn1. The number of halogens is 1. The highest BCUT2D eigenvalue weighted by Gasteiger charge is 2.05. The fraction of sp³-hybridized carbons (Fsp3) is 0.214. The summed E-state index contributed by atoms with van der Waals surface area (Å²) in [6, 6.07) is 7.03. The van der Waals surface area contributed by atoms with Gasteiger partial charge in [0.2, 0.25) is 0 Å². The fourth-order valence-electron chi connectivity index (χ4n) is 1.46. The minimum absolute atomic E-state index is 0.116. The van der Waals surface area contributed by atoms with Crippen molar-refractivity contribution >= 4 is 23.2 Å². The Bertz CT molecular complexity index is 587. The predicted octanol–water partition coefficient (Wildman–Crippen LogP) is 2.55. The summed E-state index contributed by atoms with van der Waals surface area (Å²) in [5, 5.41) is 3.23. The van der Waals surface area contributed by atoms with E-state index in [1.54, 1.807) is 24.3 Å². The first kappa shape index (κ1) is 15.1. The van der Waals surface area contributed by atoms with Crippen LogP contribution in [0.15, 0.2) is 36.7 Å². The number of hydrogen-bond donors (Lipinski definition) is 1. The Balaban J connectivity index is 1.82. The second-order valence-corrected chi connectivity index (χ2v) is 4.41. The molecular weight excluding hydrogens is 294 g/mol. The number of anilines is 1. The maximum atomic E-state index is 11.7. The largest absolute Gasteiger partial charge is 0.484 e. The Morgan fingerprint density at radius 3 is 2.48 bits per heavy atom. The summed E-state index contributed by atoms with van der Waals surface area (Å²) < 4.78 is 10.4. The molecule has 1 N–H and O–H groups in total. The predicted molar refractivity (Wildman–Crippen MR) is 78.8 cm³/mol. The molecule has 2 aromatic rings. The van der Waals surface area contributed by atoms with Crippen LogP contribution in [0.25, 0.3) is 0 Å². The molecule has 110 valence electrons. The quantitative estimate of drug-likeness (QED) is 0.888. The van der Waals surface area contributed by atoms with Gasteiger partial charge in [-0.05, 0) is 31.2 Å². The van der Waals surface area contributed by atoms with E-state index in [4.69, 9.17) is 21.1 Å². The topological polar surface area (TPSA) is 73.3 Å². The van der Waals surface area contributed by atoms with Gasteiger partial charge in [0.25, 0.3) is 5.91 Å². The molecule has 21 heavy (non-hydrogen) atoms. The molecule has 1 amide bonds. The lowest BCUT2D eigenvalue weighted by atomic mass is 10.3. The van der Waals surface area contributed by atoms with E-state index in [9.17, 15) is 4.79 Å². The smallest absolute Gasteiger partial charge is 0.316 e. The van der Waals surface area contributed by atoms with Gasteiger partial charge in [-0.1, -0.05) is 11.6 Å². The number of aromatic nitrogens is 2. The number of nitrogens with zero attached hydrogens (tertiary/aromatic N) is 2. The number of carbonyl (C=O) groups excluding carboxylic acids is 1. The highest BCUT2D eigenvalue weighted by molar-refractivity contribution is 6.30. The number of nitrogens with one attached hydrogen (secondary N) is 1. The average molecular weight is 308 g/mol. The van der Waals surface area contributed by atoms with Crippen LogP contribution in [0.5, 0.6) is 11.8 Å². The minimum Gasteiger partial charge on any atom is -0.484 e. The van der Waals surface area contributed by atoms with Crippen LogP contribution in [0.2, 0.25) is 5.02 Å². The molecule has 0 fully saturated rings. The van der Waals surface area contributed by atoms with E-state index in [0.29, 0.717) is 23.1 Å². The Hall–Kier alpha value is -2.34. The van der Waals surface area contributed by atoms with Gasteiger partial charge < -0.3 is 14.8 Å². The van der Waals surface area contributed by atoms with E-state index in [1.807, 2.05) is 6.92 Å². The van der Waals surface area contributed by atoms with E-state index in [-0.39, 0.29) is 18.5 Å². The lowest BCUT2D eigenvalue weighted by molar-refractivity contribution is -0.118. The van der Waals surface area contributed by atoms with Gasteiger partial charge in [0.15, 0.2) is 6.61 Å². The maximum Gasteiger partial charge on any atom is 0.316 e. The van der Waals surface area contributed by atoms with Crippen molar-refractivity contribution in [2.75, 3.05) is 18.5 Å². The number of amides is 1. The van der Waals surface area contributed by atoms with E-state index in [1.165, 1.54) is 12.4 Å². The lowest BCUT2D eigenvalue weighted by Gasteiger charge is -2.07. The minimum atomic E-state index is -0.308. The molecule has 0 atom stereocenters. The van der Waals surface area contributed by atoms with Crippen LogP contribution in [-0.2, 0) is 4.79 Å². The summed E-state index contributed by atoms with van der Waals surface area (Å²) in [4.78, 5) is 19.6. The third-order valence-electron chi connectivity index (χ3n) is 2.37. The van der Waals surface area contributed by atoms with Crippen LogP contribution < -0.4 is 14.8 Å². The molecule has 0 bridgehead atoms. The van der Waals surface area contributed by atoms with Crippen molar-refractivity contribution < 1.29 is 14.3 Å². The highest BCUT2D eigenvalue weighted by Crippen LogP contribution is 2.15. The number of hydrogen-bond acceptors (Lipinski definition) is 5. The number of benzene rings is 1. The molecule has 0 saturated heterocycles. The van der Waals surface area contributed by atoms with Crippen LogP contribution in [0.3, 0.4) is 0 Å². The van der Waals surface area contributed by atoms with Crippen LogP contribution in [0.4, 0.5) is 5.69 Å². The zero-order valence-corrected chi connectivity index (χ0v) is 12.1. The average Bonchev–Trinajstić information content (AvgIpc) is 2.49. The molecule has 7 heteroatoms. The monoisotopic (exact) mass is 307 g/mol. The molecule has 0 aliphatic heterocycles. The molecule has 0 radical (unpaired) electrons. The van der Waals surface area contributed by atoms with Gasteiger partial charge in [0.05, 0.1) is 24.7 Å². The lowest BCUT2D eigenvalue weighted by Crippen LogP contribution is -2.20. The highest BCUT2D eigenvalue weighted by atomic mass is 35.5. The summed E-state index contributed by atoms with van der Waals surface area (Å²) in [6.45, 7) is 2.21. The van der Waals surface area contributed by atoms with Crippen LogP contribution in [0.1, 0.15) is 6.92 Å². The molecule has 1 aromatic heterocycles. The van der Waals surface area contributed by atoms with E-state index in [2.05, 4.69) is 15.3 Å². The molecule has 0 saturated carbocycles. The van der Waals surface area contributed by atoms with Crippen molar-refractivity contribution in [3.05, 3.63) is 41.7 Å². The van der Waals surface area contributed by atoms with Crippen molar-refractivity contribution in [3.63, 3.8) is 0 Å². The van der Waals surface area contributed by atoms with E-state index < -0.39 is 0 Å². The summed E-state index contributed by atoms with van der Waals surface area (Å²) in [5.74, 6) is 0.259. The summed E-state index contributed by atoms with van der Waals surface area (Å²) in [6.07, 6.45) is 2.94. The maximum absolute atomic E-state index is 11.7. The van der Waals surface area contributed by atoms with Crippen molar-refractivity contribution in [3.8, 4) is 11.8 Å². The van der Waals surface area contributed by atoms with Gasteiger partial charge in [0, 0.05) is 5.02 Å². The molecule has 2 rings (SSSR count). The molecule has 1 aromatic carbocycles. The normalized spacial score (nSPS) is 10.0. The Morgan fingerprint density at radius 2 is 1.86 bits per heavy atom. The third kappa shape index (κ3) is 4.92. The van der Waals surface area contributed by atoms with Crippen LogP contribution >= 0.6 is 11.6 Å². The van der Waals surface area contributed by atoms with Gasteiger partial charge in [0.1, 0.15) is 5.75 Å². The van der Waals surface area contributed by atoms with Gasteiger partial charge in [-0.15, -0.1) is 0 Å². The Morgan fingerprint density at radius 1 is 1.19 bits per heavy atom. The van der Waals surface area contributed by atoms with Gasteiger partial charge >= 0.3 is 6.01 Å². The Kier molecular flexibility index (Phi) is 5.34. The molecule has 0 aliphatic carbocycles. The summed E-state index contributed by atoms with van der Waals surface area (Å²) >= 11 is 5.76. The first-order valence-electron chi connectivity index (χ1n) is 6.30. The first-order valence-corrected chi connectivity index (χ1v) is 6.68. The Labute approximate surface area is 127 Å². The first-order chi connectivity index (χ1) is 10.2. The third-order valence-corrected chi connectivity index (χ3v) is 2.62. The second-order valence-electron chi connectivity index (χ2n) is 3.98. The molecule has 1 heterocycles. The molecule has 0 spiro atoms. The van der Waals surface area contributed by atoms with E-state index in [0.717, 1.165) is 0 Å². The van der Waals surface area contributed by atoms with Crippen molar-refractivity contribution in [2.24, 2.45) is 0 Å². The summed E-state index contributed by atoms with van der Waals surface area (Å²) in [7, 11) is 0. The number of carbonyl (C=O) groups is 1. The van der Waals surface area contributed by atoms with Crippen molar-refractivity contribution in [2.45, 2.75) is 6.92 Å². The number of ether oxygens (including phenoxy) is 2. The summed E-state index contributed by atoms with van der Waals surface area (Å²) in [5.41, 5.74) is 0.475. The standard InChI is InChI=1S/C14H14ClN3O3/c1-2-20-14-16-7-11(8-17-14)18-13(19)9-21-12-5-3-10(15)4-6-12/h3-8H,2,9H2,1H3,(H,18,19). The van der Waals surface area contributed by atoms with Gasteiger partial charge in [-0.3, -0.25) is 4.79 Å². The zero-order valence-electron chi connectivity index (χ0n) is 11.4. The van der Waals surface area contributed by atoms with Crippen molar-refractivity contribution in [1.29, 1.82) is 0 Å². The van der Waals surface area contributed by atoms with Gasteiger partial charge in [-0.2, -0.15) is 0 Å². The second kappa shape index (κ2) is 7.44. The fourth-order valence-corrected chi connectivity index (χ4v) is 1.59. The van der Waals surface area contributed by atoms with Crippen molar-refractivity contribution in [1.82, 2.24) is 9.97 Å². The van der Waals surface area contributed by atoms with Crippen LogP contribution in [-0.4, -0.2) is 29.1 Å². The van der Waals surface area contributed by atoms with Gasteiger partial charge in [-0.25, -0.2) is 9.97 Å². The molecule has 0 aliphatic rings. The molecule has 0 unspecified atom stereocenters.